The number of aliphatic hydroxyl groups excluding tert-OH is 1. The van der Waals surface area contributed by atoms with Crippen LogP contribution in [0.5, 0.6) is 0 Å². The van der Waals surface area contributed by atoms with Crippen molar-refractivity contribution in [1.29, 1.82) is 0 Å². The lowest BCUT2D eigenvalue weighted by Crippen LogP contribution is -2.49. The molecule has 1 aliphatic rings. The number of ether oxygens (including phenoxy) is 1. The summed E-state index contributed by atoms with van der Waals surface area (Å²) in [5, 5.41) is 17.2. The summed E-state index contributed by atoms with van der Waals surface area (Å²) >= 11 is 0. The van der Waals surface area contributed by atoms with Crippen molar-refractivity contribution in [2.45, 2.75) is 25.1 Å². The van der Waals surface area contributed by atoms with Gasteiger partial charge in [-0.2, -0.15) is 5.10 Å². The maximum Gasteiger partial charge on any atom is 0.255 e. The molecule has 1 aliphatic heterocycles. The van der Waals surface area contributed by atoms with Crippen molar-refractivity contribution < 1.29 is 14.6 Å². The number of hydrogen-bond donors (Lipinski definition) is 2. The van der Waals surface area contributed by atoms with E-state index in [1.165, 1.54) is 0 Å². The molecule has 0 spiro atoms. The van der Waals surface area contributed by atoms with Gasteiger partial charge in [0.1, 0.15) is 5.52 Å². The predicted molar refractivity (Wildman–Crippen MR) is 118 cm³/mol. The van der Waals surface area contributed by atoms with E-state index in [1.54, 1.807) is 23.3 Å². The van der Waals surface area contributed by atoms with Gasteiger partial charge in [0.05, 0.1) is 41.7 Å². The molecular formula is C23H24N6O3. The van der Waals surface area contributed by atoms with Gasteiger partial charge in [-0.05, 0) is 30.2 Å². The largest absolute Gasteiger partial charge is 0.391 e. The van der Waals surface area contributed by atoms with Crippen molar-refractivity contribution in [2.24, 2.45) is 7.05 Å². The number of aliphatic hydroxyl groups is 1. The molecule has 0 aliphatic carbocycles. The number of aryl methyl sites for hydroxylation is 1. The average molecular weight is 432 g/mol. The van der Waals surface area contributed by atoms with Crippen LogP contribution in [0.4, 0.5) is 0 Å². The zero-order valence-corrected chi connectivity index (χ0v) is 17.7. The lowest BCUT2D eigenvalue weighted by molar-refractivity contribution is -0.0139. The number of amides is 1. The first-order chi connectivity index (χ1) is 15.6. The predicted octanol–water partition coefficient (Wildman–Crippen LogP) is 1.76. The number of fused-ring (bicyclic) bond motifs is 1. The fourth-order valence-corrected chi connectivity index (χ4v) is 3.97. The molecule has 1 amide bonds. The van der Waals surface area contributed by atoms with E-state index >= 15 is 0 Å². The van der Waals surface area contributed by atoms with E-state index in [4.69, 9.17) is 4.74 Å². The molecule has 2 N–H and O–H groups in total. The lowest BCUT2D eigenvalue weighted by Gasteiger charge is -2.28. The van der Waals surface area contributed by atoms with Crippen molar-refractivity contribution in [1.82, 2.24) is 29.6 Å². The summed E-state index contributed by atoms with van der Waals surface area (Å²) in [6, 6.07) is 7.35. The Morgan fingerprint density at radius 2 is 2.16 bits per heavy atom. The highest BCUT2D eigenvalue weighted by Gasteiger charge is 2.27. The minimum absolute atomic E-state index is 0.271. The van der Waals surface area contributed by atoms with Crippen LogP contribution >= 0.6 is 0 Å². The molecule has 164 valence electrons. The van der Waals surface area contributed by atoms with Gasteiger partial charge in [0.25, 0.3) is 5.91 Å². The second kappa shape index (κ2) is 8.52. The first-order valence-corrected chi connectivity index (χ1v) is 10.5. The standard InChI is InChI=1S/C23H24N6O3/c1-28-12-16(10-26-28)18-5-4-15(9-25-18)11-29-13-17(22-20(29)3-2-7-24-22)23(31)27-19-14-32-8-6-21(19)30/h2-5,7,9-10,12-13,19,21,30H,6,8,11,14H2,1H3,(H,27,31)/t19-,21-/m0/s1. The summed E-state index contributed by atoms with van der Waals surface area (Å²) in [5.41, 5.74) is 4.77. The van der Waals surface area contributed by atoms with Crippen LogP contribution in [0.2, 0.25) is 0 Å². The number of nitrogens with zero attached hydrogens (tertiary/aromatic N) is 5. The van der Waals surface area contributed by atoms with Gasteiger partial charge >= 0.3 is 0 Å². The van der Waals surface area contributed by atoms with Gasteiger partial charge < -0.3 is 19.7 Å². The first-order valence-electron chi connectivity index (χ1n) is 10.5. The first kappa shape index (κ1) is 20.3. The van der Waals surface area contributed by atoms with E-state index < -0.39 is 12.1 Å². The third-order valence-electron chi connectivity index (χ3n) is 5.70. The quantitative estimate of drug-likeness (QED) is 0.498. The maximum absolute atomic E-state index is 13.0. The zero-order valence-electron chi connectivity index (χ0n) is 17.7. The van der Waals surface area contributed by atoms with E-state index in [9.17, 15) is 9.90 Å². The molecule has 0 aromatic carbocycles. The summed E-state index contributed by atoms with van der Waals surface area (Å²) in [6.45, 7) is 1.35. The van der Waals surface area contributed by atoms with E-state index in [2.05, 4.69) is 20.4 Å². The number of carbonyl (C=O) groups excluding carboxylic acids is 1. The van der Waals surface area contributed by atoms with Crippen LogP contribution in [0.1, 0.15) is 22.3 Å². The highest BCUT2D eigenvalue weighted by molar-refractivity contribution is 6.05. The Bertz CT molecular complexity index is 1250. The monoisotopic (exact) mass is 432 g/mol. The Labute approximate surface area is 184 Å². The highest BCUT2D eigenvalue weighted by atomic mass is 16.5. The van der Waals surface area contributed by atoms with Crippen molar-refractivity contribution >= 4 is 16.9 Å². The Balaban J connectivity index is 1.39. The summed E-state index contributed by atoms with van der Waals surface area (Å²) < 4.78 is 9.13. The van der Waals surface area contributed by atoms with Crippen LogP contribution in [-0.4, -0.2) is 60.7 Å². The molecule has 2 atom stereocenters. The van der Waals surface area contributed by atoms with Crippen LogP contribution in [0.3, 0.4) is 0 Å². The lowest BCUT2D eigenvalue weighted by atomic mass is 10.1. The average Bonchev–Trinajstić information content (AvgIpc) is 3.40. The second-order valence-corrected chi connectivity index (χ2v) is 8.01. The number of hydrogen-bond acceptors (Lipinski definition) is 6. The number of rotatable bonds is 5. The third kappa shape index (κ3) is 4.00. The molecule has 0 radical (unpaired) electrons. The molecule has 32 heavy (non-hydrogen) atoms. The summed E-state index contributed by atoms with van der Waals surface area (Å²) in [7, 11) is 1.87. The van der Waals surface area contributed by atoms with Gasteiger partial charge in [-0.15, -0.1) is 0 Å². The Morgan fingerprint density at radius 3 is 2.91 bits per heavy atom. The topological polar surface area (TPSA) is 107 Å². The van der Waals surface area contributed by atoms with Gasteiger partial charge in [0.15, 0.2) is 0 Å². The SMILES string of the molecule is Cn1cc(-c2ccc(Cn3cc(C(=O)N[C@H]4COCC[C@@H]4O)c4ncccc43)cn2)cn1. The molecule has 9 nitrogen and oxygen atoms in total. The minimum Gasteiger partial charge on any atom is -0.391 e. The van der Waals surface area contributed by atoms with E-state index in [-0.39, 0.29) is 5.91 Å². The summed E-state index contributed by atoms with van der Waals surface area (Å²) in [4.78, 5) is 22.0. The van der Waals surface area contributed by atoms with Crippen molar-refractivity contribution in [2.75, 3.05) is 13.2 Å². The molecule has 1 saturated heterocycles. The molecular weight excluding hydrogens is 408 g/mol. The highest BCUT2D eigenvalue weighted by Crippen LogP contribution is 2.22. The van der Waals surface area contributed by atoms with Crippen LogP contribution < -0.4 is 5.32 Å². The van der Waals surface area contributed by atoms with Gasteiger partial charge in [0, 0.05) is 50.6 Å². The number of pyridine rings is 2. The molecule has 0 bridgehead atoms. The van der Waals surface area contributed by atoms with Crippen molar-refractivity contribution in [3.8, 4) is 11.3 Å². The Hall–Kier alpha value is -3.56. The van der Waals surface area contributed by atoms with Crippen LogP contribution in [0.25, 0.3) is 22.3 Å². The molecule has 1 fully saturated rings. The van der Waals surface area contributed by atoms with Crippen LogP contribution in [0.15, 0.2) is 55.2 Å². The Kier molecular flexibility index (Phi) is 5.42. The van der Waals surface area contributed by atoms with Crippen molar-refractivity contribution in [3.05, 3.63) is 66.4 Å². The van der Waals surface area contributed by atoms with Crippen molar-refractivity contribution in [3.63, 3.8) is 0 Å². The summed E-state index contributed by atoms with van der Waals surface area (Å²) in [5.74, 6) is -0.271. The summed E-state index contributed by atoms with van der Waals surface area (Å²) in [6.07, 6.45) is 8.91. The van der Waals surface area contributed by atoms with Gasteiger partial charge in [-0.3, -0.25) is 19.4 Å². The van der Waals surface area contributed by atoms with E-state index in [0.29, 0.717) is 37.3 Å². The molecule has 5 heterocycles. The Morgan fingerprint density at radius 1 is 1.25 bits per heavy atom. The molecule has 5 rings (SSSR count). The fraction of sp³-hybridized carbons (Fsp3) is 0.304. The van der Waals surface area contributed by atoms with E-state index in [0.717, 1.165) is 22.3 Å². The van der Waals surface area contributed by atoms with Crippen LogP contribution in [0, 0.1) is 0 Å². The van der Waals surface area contributed by atoms with Gasteiger partial charge in [0.2, 0.25) is 0 Å². The fourth-order valence-electron chi connectivity index (χ4n) is 3.97. The number of carbonyl (C=O) groups is 1. The second-order valence-electron chi connectivity index (χ2n) is 8.01. The van der Waals surface area contributed by atoms with E-state index in [1.807, 2.05) is 48.3 Å². The molecule has 0 saturated carbocycles. The molecule has 9 heteroatoms. The molecule has 4 aromatic rings. The van der Waals surface area contributed by atoms with Crippen LogP contribution in [-0.2, 0) is 18.3 Å². The third-order valence-corrected chi connectivity index (χ3v) is 5.70. The smallest absolute Gasteiger partial charge is 0.255 e. The maximum atomic E-state index is 13.0. The number of nitrogens with one attached hydrogen (secondary N) is 1. The van der Waals surface area contributed by atoms with Gasteiger partial charge in [-0.25, -0.2) is 0 Å². The minimum atomic E-state index is -0.613. The zero-order chi connectivity index (χ0) is 22.1. The number of aromatic nitrogens is 5. The molecule has 4 aromatic heterocycles. The normalized spacial score (nSPS) is 18.7. The van der Waals surface area contributed by atoms with Gasteiger partial charge in [-0.1, -0.05) is 6.07 Å². The molecule has 0 unspecified atom stereocenters.